The molecule has 0 spiro atoms. The van der Waals surface area contributed by atoms with Gasteiger partial charge in [-0.25, -0.2) is 0 Å². The zero-order valence-electron chi connectivity index (χ0n) is 16.4. The Balaban J connectivity index is 1.42. The Hall–Kier alpha value is -1.57. The average molecular weight is 514 g/mol. The molecular weight excluding hydrogens is 495 g/mol. The number of thioether (sulfide) groups is 1. The van der Waals surface area contributed by atoms with Crippen LogP contribution in [0.15, 0.2) is 47.4 Å². The Morgan fingerprint density at radius 1 is 1.03 bits per heavy atom. The van der Waals surface area contributed by atoms with Crippen molar-refractivity contribution in [2.45, 2.75) is 25.7 Å². The number of thiocarbonyl (C=S) groups is 1. The van der Waals surface area contributed by atoms with Gasteiger partial charge in [-0.3, -0.25) is 14.5 Å². The van der Waals surface area contributed by atoms with E-state index in [2.05, 4.69) is 5.32 Å². The van der Waals surface area contributed by atoms with Crippen molar-refractivity contribution < 1.29 is 9.59 Å². The van der Waals surface area contributed by atoms with E-state index in [4.69, 9.17) is 47.0 Å². The number of amides is 2. The van der Waals surface area contributed by atoms with Crippen LogP contribution in [0.2, 0.25) is 15.1 Å². The lowest BCUT2D eigenvalue weighted by Gasteiger charge is -2.14. The number of nitrogens with one attached hydrogen (secondary N) is 1. The monoisotopic (exact) mass is 512 g/mol. The van der Waals surface area contributed by atoms with Crippen LogP contribution >= 0.6 is 58.8 Å². The van der Waals surface area contributed by atoms with Gasteiger partial charge in [-0.15, -0.1) is 0 Å². The van der Waals surface area contributed by atoms with Crippen LogP contribution in [0.25, 0.3) is 6.08 Å². The molecule has 31 heavy (non-hydrogen) atoms. The molecule has 0 aromatic heterocycles. The van der Waals surface area contributed by atoms with Crippen LogP contribution < -0.4 is 5.32 Å². The molecule has 1 aliphatic rings. The van der Waals surface area contributed by atoms with Crippen LogP contribution in [0.3, 0.4) is 0 Å². The number of carbonyl (C=O) groups is 2. The number of benzene rings is 2. The fraction of sp³-hybridized carbons (Fsp3) is 0.227. The molecule has 0 aliphatic carbocycles. The first-order valence-electron chi connectivity index (χ1n) is 9.60. The maximum Gasteiger partial charge on any atom is 0.266 e. The lowest BCUT2D eigenvalue weighted by Crippen LogP contribution is -2.29. The number of nitrogens with zero attached hydrogens (tertiary/aromatic N) is 1. The number of hydrogen-bond acceptors (Lipinski definition) is 4. The summed E-state index contributed by atoms with van der Waals surface area (Å²) in [5, 5.41) is 3.73. The van der Waals surface area contributed by atoms with Crippen LogP contribution in [-0.2, 0) is 9.59 Å². The third-order valence-corrected chi connectivity index (χ3v) is 6.95. The smallest absolute Gasteiger partial charge is 0.266 e. The summed E-state index contributed by atoms with van der Waals surface area (Å²) in [4.78, 5) is 27.1. The molecule has 0 radical (unpaired) electrons. The van der Waals surface area contributed by atoms with Gasteiger partial charge in [0, 0.05) is 13.0 Å². The lowest BCUT2D eigenvalue weighted by molar-refractivity contribution is -0.122. The summed E-state index contributed by atoms with van der Waals surface area (Å²) in [6, 6.07) is 12.7. The fourth-order valence-electron chi connectivity index (χ4n) is 2.96. The van der Waals surface area contributed by atoms with Gasteiger partial charge in [-0.2, -0.15) is 0 Å². The summed E-state index contributed by atoms with van der Waals surface area (Å²) in [5.74, 6) is -0.220. The van der Waals surface area contributed by atoms with E-state index < -0.39 is 0 Å². The second-order valence-corrected chi connectivity index (χ2v) is 9.75. The molecule has 162 valence electrons. The lowest BCUT2D eigenvalue weighted by atomic mass is 10.1. The summed E-state index contributed by atoms with van der Waals surface area (Å²) >= 11 is 24.6. The third kappa shape index (κ3) is 6.70. The van der Waals surface area contributed by atoms with E-state index in [-0.39, 0.29) is 11.8 Å². The summed E-state index contributed by atoms with van der Waals surface area (Å²) in [7, 11) is 0. The van der Waals surface area contributed by atoms with Gasteiger partial charge in [0.2, 0.25) is 5.91 Å². The summed E-state index contributed by atoms with van der Waals surface area (Å²) in [5.41, 5.74) is 1.40. The predicted octanol–water partition coefficient (Wildman–Crippen LogP) is 7.05. The van der Waals surface area contributed by atoms with E-state index in [0.29, 0.717) is 49.4 Å². The maximum atomic E-state index is 12.6. The van der Waals surface area contributed by atoms with Crippen molar-refractivity contribution in [3.05, 3.63) is 68.0 Å². The molecule has 1 fully saturated rings. The number of halogens is 3. The van der Waals surface area contributed by atoms with Crippen molar-refractivity contribution in [1.82, 2.24) is 4.90 Å². The minimum absolute atomic E-state index is 0.0640. The van der Waals surface area contributed by atoms with Gasteiger partial charge >= 0.3 is 0 Å². The van der Waals surface area contributed by atoms with E-state index in [0.717, 1.165) is 18.4 Å². The Kier molecular flexibility index (Phi) is 8.81. The standard InChI is InChI=1S/C22H19Cl3N2O2S2/c23-15-12-17(25)18(13-16(15)24)26-20(28)9-5-2-6-10-27-21(29)19(31-22(27)30)11-14-7-3-1-4-8-14/h1,3-4,7-8,11-13H,2,5-6,9-10H2,(H,26,28)/b19-11-. The molecule has 0 atom stereocenters. The maximum absolute atomic E-state index is 12.6. The Morgan fingerprint density at radius 2 is 1.74 bits per heavy atom. The molecule has 0 saturated carbocycles. The number of hydrogen-bond donors (Lipinski definition) is 1. The van der Waals surface area contributed by atoms with Crippen molar-refractivity contribution in [3.8, 4) is 0 Å². The molecule has 2 aromatic rings. The molecule has 1 heterocycles. The van der Waals surface area contributed by atoms with Crippen molar-refractivity contribution in [1.29, 1.82) is 0 Å². The van der Waals surface area contributed by atoms with Crippen molar-refractivity contribution in [2.24, 2.45) is 0 Å². The second-order valence-electron chi connectivity index (χ2n) is 6.85. The molecule has 3 rings (SSSR count). The molecule has 4 nitrogen and oxygen atoms in total. The second kappa shape index (κ2) is 11.3. The van der Waals surface area contributed by atoms with Crippen LogP contribution in [0.5, 0.6) is 0 Å². The van der Waals surface area contributed by atoms with Gasteiger partial charge < -0.3 is 5.32 Å². The number of anilines is 1. The highest BCUT2D eigenvalue weighted by atomic mass is 35.5. The molecule has 1 N–H and O–H groups in total. The summed E-state index contributed by atoms with van der Waals surface area (Å²) in [6.45, 7) is 0.539. The van der Waals surface area contributed by atoms with Crippen molar-refractivity contribution in [2.75, 3.05) is 11.9 Å². The van der Waals surface area contributed by atoms with Gasteiger partial charge in [-0.1, -0.05) is 95.5 Å². The van der Waals surface area contributed by atoms with Crippen molar-refractivity contribution in [3.63, 3.8) is 0 Å². The highest BCUT2D eigenvalue weighted by Gasteiger charge is 2.31. The van der Waals surface area contributed by atoms with Crippen LogP contribution in [0.4, 0.5) is 5.69 Å². The molecule has 0 bridgehead atoms. The minimum atomic E-state index is -0.156. The van der Waals surface area contributed by atoms with Crippen LogP contribution in [0, 0.1) is 0 Å². The predicted molar refractivity (Wildman–Crippen MR) is 135 cm³/mol. The number of unbranched alkanes of at least 4 members (excludes halogenated alkanes) is 2. The first kappa shape index (κ1) is 24.1. The van der Waals surface area contributed by atoms with Gasteiger partial charge in [0.25, 0.3) is 5.91 Å². The SMILES string of the molecule is O=C(CCCCCN1C(=O)/C(=C/c2ccccc2)SC1=S)Nc1cc(Cl)c(Cl)cc1Cl. The minimum Gasteiger partial charge on any atom is -0.325 e. The van der Waals surface area contributed by atoms with Crippen LogP contribution in [0.1, 0.15) is 31.2 Å². The Bertz CT molecular complexity index is 1030. The Morgan fingerprint density at radius 3 is 2.48 bits per heavy atom. The van der Waals surface area contributed by atoms with Crippen molar-refractivity contribution >= 4 is 86.7 Å². The third-order valence-electron chi connectivity index (χ3n) is 4.54. The normalized spacial score (nSPS) is 15.1. The highest BCUT2D eigenvalue weighted by molar-refractivity contribution is 8.26. The van der Waals surface area contributed by atoms with Gasteiger partial charge in [0.1, 0.15) is 4.32 Å². The van der Waals surface area contributed by atoms with E-state index in [1.165, 1.54) is 23.9 Å². The zero-order chi connectivity index (χ0) is 22.4. The molecule has 2 amide bonds. The van der Waals surface area contributed by atoms with E-state index >= 15 is 0 Å². The first-order chi connectivity index (χ1) is 14.8. The average Bonchev–Trinajstić information content (AvgIpc) is 2.99. The van der Waals surface area contributed by atoms with E-state index in [1.807, 2.05) is 36.4 Å². The van der Waals surface area contributed by atoms with Crippen LogP contribution in [-0.4, -0.2) is 27.6 Å². The number of rotatable bonds is 8. The van der Waals surface area contributed by atoms with Gasteiger partial charge in [0.15, 0.2) is 0 Å². The first-order valence-corrected chi connectivity index (χ1v) is 12.0. The Labute approximate surface area is 205 Å². The quantitative estimate of drug-likeness (QED) is 0.178. The highest BCUT2D eigenvalue weighted by Crippen LogP contribution is 2.33. The summed E-state index contributed by atoms with van der Waals surface area (Å²) < 4.78 is 0.569. The fourth-order valence-corrected chi connectivity index (χ4v) is 4.86. The molecule has 2 aromatic carbocycles. The summed E-state index contributed by atoms with van der Waals surface area (Å²) in [6.07, 6.45) is 4.42. The molecule has 0 unspecified atom stereocenters. The number of carbonyl (C=O) groups excluding carboxylic acids is 2. The molecular formula is C22H19Cl3N2O2S2. The van der Waals surface area contributed by atoms with Gasteiger partial charge in [-0.05, 0) is 36.6 Å². The largest absolute Gasteiger partial charge is 0.325 e. The molecule has 1 saturated heterocycles. The van der Waals surface area contributed by atoms with Gasteiger partial charge in [0.05, 0.1) is 25.7 Å². The molecule has 9 heteroatoms. The topological polar surface area (TPSA) is 49.4 Å². The van der Waals surface area contributed by atoms with E-state index in [9.17, 15) is 9.59 Å². The zero-order valence-corrected chi connectivity index (χ0v) is 20.3. The molecule has 1 aliphatic heterocycles. The van der Waals surface area contributed by atoms with E-state index in [1.54, 1.807) is 4.90 Å².